The van der Waals surface area contributed by atoms with Crippen LogP contribution in [0.1, 0.15) is 66.2 Å². The first-order valence-corrected chi connectivity index (χ1v) is 8.27. The summed E-state index contributed by atoms with van der Waals surface area (Å²) in [4.78, 5) is 4.57. The smallest absolute Gasteiger partial charge is 0.191 e. The Labute approximate surface area is 124 Å². The van der Waals surface area contributed by atoms with E-state index in [1.165, 1.54) is 25.7 Å². The van der Waals surface area contributed by atoms with Gasteiger partial charge in [0.25, 0.3) is 0 Å². The van der Waals surface area contributed by atoms with Crippen molar-refractivity contribution in [3.63, 3.8) is 0 Å². The van der Waals surface area contributed by atoms with Crippen LogP contribution in [0.2, 0.25) is 0 Å². The summed E-state index contributed by atoms with van der Waals surface area (Å²) in [5.74, 6) is 0.840. The Kier molecular flexibility index (Phi) is 6.80. The second-order valence-electron chi connectivity index (χ2n) is 6.19. The highest BCUT2D eigenvalue weighted by molar-refractivity contribution is 5.79. The van der Waals surface area contributed by atoms with E-state index in [0.717, 1.165) is 31.9 Å². The molecular formula is C16H33N3O. The Morgan fingerprint density at radius 1 is 1.15 bits per heavy atom. The third-order valence-corrected chi connectivity index (χ3v) is 4.99. The van der Waals surface area contributed by atoms with Gasteiger partial charge >= 0.3 is 0 Å². The monoisotopic (exact) mass is 283 g/mol. The van der Waals surface area contributed by atoms with Gasteiger partial charge in [0, 0.05) is 13.1 Å². The lowest BCUT2D eigenvalue weighted by atomic mass is 9.67. The lowest BCUT2D eigenvalue weighted by Gasteiger charge is -2.41. The second kappa shape index (κ2) is 7.87. The van der Waals surface area contributed by atoms with Gasteiger partial charge in [0.2, 0.25) is 0 Å². The van der Waals surface area contributed by atoms with E-state index in [1.54, 1.807) is 0 Å². The van der Waals surface area contributed by atoms with Crippen LogP contribution in [-0.4, -0.2) is 36.3 Å². The van der Waals surface area contributed by atoms with E-state index in [0.29, 0.717) is 12.0 Å². The Bertz CT molecular complexity index is 301. The Morgan fingerprint density at radius 2 is 1.80 bits per heavy atom. The largest absolute Gasteiger partial charge is 0.388 e. The molecule has 1 saturated carbocycles. The van der Waals surface area contributed by atoms with Gasteiger partial charge in [0.1, 0.15) is 0 Å². The average Bonchev–Trinajstić information content (AvgIpc) is 2.43. The van der Waals surface area contributed by atoms with Crippen molar-refractivity contribution >= 4 is 5.96 Å². The normalized spacial score (nSPS) is 18.6. The van der Waals surface area contributed by atoms with Crippen molar-refractivity contribution in [3.8, 4) is 0 Å². The van der Waals surface area contributed by atoms with Crippen LogP contribution in [0, 0.1) is 5.41 Å². The molecule has 0 radical (unpaired) electrons. The molecule has 4 heteroatoms. The van der Waals surface area contributed by atoms with Crippen molar-refractivity contribution in [1.29, 1.82) is 0 Å². The topological polar surface area (TPSA) is 56.7 Å². The first-order chi connectivity index (χ1) is 9.53. The third kappa shape index (κ3) is 4.65. The van der Waals surface area contributed by atoms with E-state index >= 15 is 0 Å². The summed E-state index contributed by atoms with van der Waals surface area (Å²) in [6.07, 6.45) is 6.71. The molecule has 3 N–H and O–H groups in total. The fourth-order valence-electron chi connectivity index (χ4n) is 2.64. The summed E-state index contributed by atoms with van der Waals surface area (Å²) in [5, 5.41) is 17.1. The predicted molar refractivity (Wildman–Crippen MR) is 86.1 cm³/mol. The summed E-state index contributed by atoms with van der Waals surface area (Å²) in [5.41, 5.74) is -0.191. The van der Waals surface area contributed by atoms with Crippen LogP contribution >= 0.6 is 0 Å². The summed E-state index contributed by atoms with van der Waals surface area (Å²) < 4.78 is 0. The van der Waals surface area contributed by atoms with Crippen LogP contribution in [0.25, 0.3) is 0 Å². The molecule has 0 aliphatic heterocycles. The molecule has 0 unspecified atom stereocenters. The molecule has 1 aliphatic carbocycles. The minimum atomic E-state index is -0.665. The van der Waals surface area contributed by atoms with Gasteiger partial charge in [0.05, 0.1) is 12.1 Å². The van der Waals surface area contributed by atoms with E-state index in [4.69, 9.17) is 0 Å². The van der Waals surface area contributed by atoms with E-state index in [9.17, 15) is 5.11 Å². The molecule has 118 valence electrons. The standard InChI is InChI=1S/C16H33N3O/c1-5-15(10-9-11-15)12-18-14(17-8-4)19-13-16(20,6-2)7-3/h20H,5-13H2,1-4H3,(H2,17,18,19). The Morgan fingerprint density at radius 3 is 2.20 bits per heavy atom. The molecule has 1 rings (SSSR count). The SMILES string of the molecule is CCNC(=NCC(O)(CC)CC)NCC1(CC)CCC1. The predicted octanol–water partition coefficient (Wildman–Crippen LogP) is 2.67. The maximum absolute atomic E-state index is 10.3. The van der Waals surface area contributed by atoms with Gasteiger partial charge in [-0.25, -0.2) is 0 Å². The number of aliphatic hydroxyl groups is 1. The number of guanidine groups is 1. The molecule has 0 aromatic rings. The molecule has 4 nitrogen and oxygen atoms in total. The minimum absolute atomic E-state index is 0.467. The second-order valence-corrected chi connectivity index (χ2v) is 6.19. The molecular weight excluding hydrogens is 250 g/mol. The van der Waals surface area contributed by atoms with Crippen molar-refractivity contribution < 1.29 is 5.11 Å². The van der Waals surface area contributed by atoms with Gasteiger partial charge in [-0.15, -0.1) is 0 Å². The molecule has 0 bridgehead atoms. The zero-order valence-corrected chi connectivity index (χ0v) is 13.8. The van der Waals surface area contributed by atoms with Gasteiger partial charge in [-0.3, -0.25) is 4.99 Å². The van der Waals surface area contributed by atoms with Gasteiger partial charge in [-0.1, -0.05) is 27.2 Å². The highest BCUT2D eigenvalue weighted by atomic mass is 16.3. The van der Waals surface area contributed by atoms with Crippen LogP contribution in [0.3, 0.4) is 0 Å². The fraction of sp³-hybridized carbons (Fsp3) is 0.938. The Hall–Kier alpha value is -0.770. The Balaban J connectivity index is 2.54. The quantitative estimate of drug-likeness (QED) is 0.474. The van der Waals surface area contributed by atoms with Crippen molar-refractivity contribution in [3.05, 3.63) is 0 Å². The molecule has 0 amide bonds. The number of nitrogens with zero attached hydrogens (tertiary/aromatic N) is 1. The molecule has 20 heavy (non-hydrogen) atoms. The van der Waals surface area contributed by atoms with E-state index in [2.05, 4.69) is 29.5 Å². The molecule has 0 aromatic carbocycles. The first kappa shape index (κ1) is 17.3. The van der Waals surface area contributed by atoms with Crippen LogP contribution in [-0.2, 0) is 0 Å². The van der Waals surface area contributed by atoms with Gasteiger partial charge in [0.15, 0.2) is 5.96 Å². The number of aliphatic imine (C=N–C) groups is 1. The van der Waals surface area contributed by atoms with Crippen LogP contribution in [0.15, 0.2) is 4.99 Å². The maximum Gasteiger partial charge on any atom is 0.191 e. The maximum atomic E-state index is 10.3. The van der Waals surface area contributed by atoms with Crippen molar-refractivity contribution in [2.75, 3.05) is 19.6 Å². The van der Waals surface area contributed by atoms with Crippen LogP contribution in [0.5, 0.6) is 0 Å². The fourth-order valence-corrected chi connectivity index (χ4v) is 2.64. The molecule has 1 fully saturated rings. The molecule has 0 aromatic heterocycles. The molecule has 0 spiro atoms. The number of hydrogen-bond donors (Lipinski definition) is 3. The molecule has 0 heterocycles. The molecule has 0 atom stereocenters. The van der Waals surface area contributed by atoms with Crippen molar-refractivity contribution in [2.24, 2.45) is 10.4 Å². The third-order valence-electron chi connectivity index (χ3n) is 4.99. The van der Waals surface area contributed by atoms with E-state index < -0.39 is 5.60 Å². The van der Waals surface area contributed by atoms with Gasteiger partial charge in [-0.05, 0) is 44.4 Å². The number of hydrogen-bond acceptors (Lipinski definition) is 2. The zero-order valence-electron chi connectivity index (χ0n) is 13.8. The van der Waals surface area contributed by atoms with Crippen LogP contribution in [0.4, 0.5) is 0 Å². The van der Waals surface area contributed by atoms with Gasteiger partial charge in [-0.2, -0.15) is 0 Å². The molecule has 0 saturated heterocycles. The summed E-state index contributed by atoms with van der Waals surface area (Å²) >= 11 is 0. The first-order valence-electron chi connectivity index (χ1n) is 8.27. The minimum Gasteiger partial charge on any atom is -0.388 e. The summed E-state index contributed by atoms with van der Waals surface area (Å²) in [6.45, 7) is 10.7. The number of rotatable bonds is 8. The van der Waals surface area contributed by atoms with Crippen molar-refractivity contribution in [2.45, 2.75) is 71.8 Å². The van der Waals surface area contributed by atoms with Crippen LogP contribution < -0.4 is 10.6 Å². The molecule has 1 aliphatic rings. The lowest BCUT2D eigenvalue weighted by molar-refractivity contribution is 0.0417. The highest BCUT2D eigenvalue weighted by Crippen LogP contribution is 2.42. The van der Waals surface area contributed by atoms with Crippen molar-refractivity contribution in [1.82, 2.24) is 10.6 Å². The summed E-state index contributed by atoms with van der Waals surface area (Å²) in [7, 11) is 0. The van der Waals surface area contributed by atoms with Gasteiger partial charge < -0.3 is 15.7 Å². The summed E-state index contributed by atoms with van der Waals surface area (Å²) in [6, 6.07) is 0. The average molecular weight is 283 g/mol. The van der Waals surface area contributed by atoms with E-state index in [1.807, 2.05) is 13.8 Å². The number of nitrogens with one attached hydrogen (secondary N) is 2. The zero-order chi connectivity index (χ0) is 15.1. The highest BCUT2D eigenvalue weighted by Gasteiger charge is 2.35. The lowest BCUT2D eigenvalue weighted by Crippen LogP contribution is -2.46. The van der Waals surface area contributed by atoms with E-state index in [-0.39, 0.29) is 0 Å².